The minimum atomic E-state index is 0.690. The summed E-state index contributed by atoms with van der Waals surface area (Å²) in [4.78, 5) is 20.1. The molecule has 3 aromatic rings. The molecule has 6 nitrogen and oxygen atoms in total. The Morgan fingerprint density at radius 3 is 2.79 bits per heavy atom. The van der Waals surface area contributed by atoms with Crippen LogP contribution in [0.4, 0.5) is 5.95 Å². The van der Waals surface area contributed by atoms with Gasteiger partial charge in [0.2, 0.25) is 11.8 Å². The normalized spacial score (nSPS) is 16.9. The molecule has 1 fully saturated rings. The summed E-state index contributed by atoms with van der Waals surface area (Å²) in [5.41, 5.74) is 2.23. The van der Waals surface area contributed by atoms with Gasteiger partial charge >= 0.3 is 0 Å². The number of hydrogen-bond donors (Lipinski definition) is 0. The van der Waals surface area contributed by atoms with Gasteiger partial charge in [-0.15, -0.1) is 11.3 Å². The van der Waals surface area contributed by atoms with Gasteiger partial charge in [-0.1, -0.05) is 6.07 Å². The largest absolute Gasteiger partial charge is 0.437 e. The lowest BCUT2D eigenvalue weighted by Crippen LogP contribution is -2.32. The second kappa shape index (κ2) is 7.85. The Labute approximate surface area is 168 Å². The number of rotatable bonds is 5. The Hall–Kier alpha value is -2.51. The average molecular weight is 394 g/mol. The molecule has 3 aromatic heterocycles. The maximum Gasteiger partial charge on any atom is 0.228 e. The molecule has 144 valence electrons. The van der Waals surface area contributed by atoms with Crippen molar-refractivity contribution in [2.75, 3.05) is 24.5 Å². The van der Waals surface area contributed by atoms with E-state index in [-0.39, 0.29) is 0 Å². The van der Waals surface area contributed by atoms with E-state index in [1.165, 1.54) is 17.7 Å². The van der Waals surface area contributed by atoms with Crippen molar-refractivity contribution in [3.8, 4) is 11.6 Å². The van der Waals surface area contributed by atoms with Gasteiger partial charge in [-0.2, -0.15) is 4.98 Å². The SMILES string of the molecule is c1cncc(Oc2nc(N3CCCC3)nc3c2CCN(Cc2cccs2)C3)c1. The molecule has 2 aliphatic rings. The first-order chi connectivity index (χ1) is 13.8. The van der Waals surface area contributed by atoms with Crippen molar-refractivity contribution in [1.29, 1.82) is 0 Å². The number of fused-ring (bicyclic) bond motifs is 1. The highest BCUT2D eigenvalue weighted by Gasteiger charge is 2.26. The predicted octanol–water partition coefficient (Wildman–Crippen LogP) is 3.88. The van der Waals surface area contributed by atoms with Crippen molar-refractivity contribution >= 4 is 17.3 Å². The maximum atomic E-state index is 6.16. The predicted molar refractivity (Wildman–Crippen MR) is 110 cm³/mol. The highest BCUT2D eigenvalue weighted by Crippen LogP contribution is 2.32. The van der Waals surface area contributed by atoms with E-state index in [1.54, 1.807) is 12.4 Å². The summed E-state index contributed by atoms with van der Waals surface area (Å²) in [6.07, 6.45) is 6.78. The third-order valence-corrected chi connectivity index (χ3v) is 6.15. The van der Waals surface area contributed by atoms with Crippen LogP contribution in [0.1, 0.15) is 29.0 Å². The molecule has 0 aromatic carbocycles. The van der Waals surface area contributed by atoms with Crippen molar-refractivity contribution < 1.29 is 4.74 Å². The average Bonchev–Trinajstić information content (AvgIpc) is 3.43. The number of thiophene rings is 1. The third-order valence-electron chi connectivity index (χ3n) is 5.29. The zero-order valence-corrected chi connectivity index (χ0v) is 16.6. The number of aromatic nitrogens is 3. The molecule has 0 bridgehead atoms. The molecule has 5 heterocycles. The lowest BCUT2D eigenvalue weighted by Gasteiger charge is -2.29. The monoisotopic (exact) mass is 393 g/mol. The number of anilines is 1. The van der Waals surface area contributed by atoms with Gasteiger partial charge in [0.15, 0.2) is 0 Å². The smallest absolute Gasteiger partial charge is 0.228 e. The van der Waals surface area contributed by atoms with Crippen molar-refractivity contribution in [2.45, 2.75) is 32.4 Å². The standard InChI is InChI=1S/C21H23N5OS/c1-2-10-26(9-1)21-23-19-15-25(14-17-6-4-12-28-17)11-7-18(19)20(24-21)27-16-5-3-8-22-13-16/h3-6,8,12-13H,1-2,7,9-11,14-15H2. The third kappa shape index (κ3) is 3.72. The van der Waals surface area contributed by atoms with Crippen LogP contribution in [0.2, 0.25) is 0 Å². The van der Waals surface area contributed by atoms with Crippen LogP contribution in [0.15, 0.2) is 42.0 Å². The van der Waals surface area contributed by atoms with Gasteiger partial charge in [0, 0.05) is 49.4 Å². The topological polar surface area (TPSA) is 54.4 Å². The van der Waals surface area contributed by atoms with E-state index >= 15 is 0 Å². The molecule has 0 amide bonds. The van der Waals surface area contributed by atoms with Gasteiger partial charge in [0.1, 0.15) is 5.75 Å². The van der Waals surface area contributed by atoms with Crippen LogP contribution in [0.25, 0.3) is 0 Å². The van der Waals surface area contributed by atoms with Crippen molar-refractivity contribution in [1.82, 2.24) is 19.9 Å². The van der Waals surface area contributed by atoms with Crippen LogP contribution in [0, 0.1) is 0 Å². The van der Waals surface area contributed by atoms with Crippen LogP contribution < -0.4 is 9.64 Å². The molecule has 0 atom stereocenters. The van der Waals surface area contributed by atoms with E-state index in [1.807, 2.05) is 23.5 Å². The summed E-state index contributed by atoms with van der Waals surface area (Å²) in [7, 11) is 0. The molecule has 7 heteroatoms. The van der Waals surface area contributed by atoms with Gasteiger partial charge in [-0.3, -0.25) is 9.88 Å². The van der Waals surface area contributed by atoms with Crippen molar-refractivity contribution in [3.63, 3.8) is 0 Å². The van der Waals surface area contributed by atoms with E-state index in [0.717, 1.165) is 62.1 Å². The molecule has 0 saturated carbocycles. The highest BCUT2D eigenvalue weighted by molar-refractivity contribution is 7.09. The first-order valence-electron chi connectivity index (χ1n) is 9.82. The van der Waals surface area contributed by atoms with Crippen molar-refractivity contribution in [2.24, 2.45) is 0 Å². The molecule has 2 aliphatic heterocycles. The van der Waals surface area contributed by atoms with Crippen LogP contribution in [-0.4, -0.2) is 39.5 Å². The summed E-state index contributed by atoms with van der Waals surface area (Å²) in [6.45, 7) is 4.83. The Balaban J connectivity index is 1.46. The van der Waals surface area contributed by atoms with Crippen LogP contribution >= 0.6 is 11.3 Å². The van der Waals surface area contributed by atoms with Gasteiger partial charge in [-0.25, -0.2) is 4.98 Å². The summed E-state index contributed by atoms with van der Waals surface area (Å²) in [5.74, 6) is 2.21. The number of nitrogens with zero attached hydrogens (tertiary/aromatic N) is 5. The summed E-state index contributed by atoms with van der Waals surface area (Å²) in [5, 5.41) is 2.14. The Kier molecular flexibility index (Phi) is 4.93. The number of hydrogen-bond acceptors (Lipinski definition) is 7. The minimum Gasteiger partial charge on any atom is -0.437 e. The highest BCUT2D eigenvalue weighted by atomic mass is 32.1. The van der Waals surface area contributed by atoms with E-state index < -0.39 is 0 Å². The number of ether oxygens (including phenoxy) is 1. The molecule has 1 saturated heterocycles. The second-order valence-electron chi connectivity index (χ2n) is 7.28. The molecule has 28 heavy (non-hydrogen) atoms. The lowest BCUT2D eigenvalue weighted by molar-refractivity contribution is 0.240. The van der Waals surface area contributed by atoms with Gasteiger partial charge in [-0.05, 0) is 42.8 Å². The van der Waals surface area contributed by atoms with Crippen molar-refractivity contribution in [3.05, 3.63) is 58.2 Å². The fourth-order valence-electron chi connectivity index (χ4n) is 3.86. The fraction of sp³-hybridized carbons (Fsp3) is 0.381. The summed E-state index contributed by atoms with van der Waals surface area (Å²) >= 11 is 1.81. The lowest BCUT2D eigenvalue weighted by atomic mass is 10.1. The number of pyridine rings is 1. The zero-order chi connectivity index (χ0) is 18.8. The minimum absolute atomic E-state index is 0.690. The zero-order valence-electron chi connectivity index (χ0n) is 15.8. The summed E-state index contributed by atoms with van der Waals surface area (Å²) < 4.78 is 6.16. The van der Waals surface area contributed by atoms with E-state index in [4.69, 9.17) is 14.7 Å². The fourth-order valence-corrected chi connectivity index (χ4v) is 4.60. The Morgan fingerprint density at radius 2 is 2.00 bits per heavy atom. The first-order valence-corrected chi connectivity index (χ1v) is 10.7. The van der Waals surface area contributed by atoms with E-state index in [9.17, 15) is 0 Å². The molecular formula is C21H23N5OS. The van der Waals surface area contributed by atoms with E-state index in [2.05, 4.69) is 32.3 Å². The Morgan fingerprint density at radius 1 is 1.07 bits per heavy atom. The molecule has 0 spiro atoms. The maximum absolute atomic E-state index is 6.16. The molecule has 0 N–H and O–H groups in total. The van der Waals surface area contributed by atoms with Crippen LogP contribution in [0.3, 0.4) is 0 Å². The Bertz CT molecular complexity index is 925. The van der Waals surface area contributed by atoms with Crippen LogP contribution in [-0.2, 0) is 19.5 Å². The first kappa shape index (κ1) is 17.6. The van der Waals surface area contributed by atoms with Crippen LogP contribution in [0.5, 0.6) is 11.6 Å². The molecule has 0 radical (unpaired) electrons. The van der Waals surface area contributed by atoms with Gasteiger partial charge < -0.3 is 9.64 Å². The summed E-state index contributed by atoms with van der Waals surface area (Å²) in [6, 6.07) is 8.12. The quantitative estimate of drug-likeness (QED) is 0.656. The molecule has 5 rings (SSSR count). The van der Waals surface area contributed by atoms with Gasteiger partial charge in [0.25, 0.3) is 0 Å². The molecular weight excluding hydrogens is 370 g/mol. The van der Waals surface area contributed by atoms with E-state index in [0.29, 0.717) is 5.88 Å². The molecule has 0 unspecified atom stereocenters. The second-order valence-corrected chi connectivity index (χ2v) is 8.31. The molecule has 0 aliphatic carbocycles. The van der Waals surface area contributed by atoms with Gasteiger partial charge in [0.05, 0.1) is 11.9 Å².